The van der Waals surface area contributed by atoms with Gasteiger partial charge in [-0.2, -0.15) is 0 Å². The van der Waals surface area contributed by atoms with Crippen molar-refractivity contribution in [2.24, 2.45) is 20.0 Å². The number of halogens is 10. The molecule has 0 aromatic heterocycles. The molecule has 37 heteroatoms. The smallest absolute Gasteiger partial charge is 0.361 e. The summed E-state index contributed by atoms with van der Waals surface area (Å²) in [5.41, 5.74) is 7.08. The summed E-state index contributed by atoms with van der Waals surface area (Å²) < 4.78 is 1.49. The van der Waals surface area contributed by atoms with Gasteiger partial charge in [-0.3, -0.25) is 50.1 Å². The van der Waals surface area contributed by atoms with Gasteiger partial charge in [-0.15, -0.1) is 0 Å². The Morgan fingerprint density at radius 1 is 0.563 bits per heavy atom. The monoisotopic (exact) mass is 1390 g/mol. The molecule has 16 N–H and O–H groups in total. The third-order valence-electron chi connectivity index (χ3n) is 12.9. The Bertz CT molecular complexity index is 3890. The maximum absolute atomic E-state index is 11.4. The fraction of sp³-hybridized carbons (Fsp3) is 0.180. The number of rotatable bonds is 2. The molecule has 0 spiro atoms. The topological polar surface area (TPSA) is 392 Å². The number of fused-ring (bicyclic) bond motifs is 8. The molecule has 5 aromatic rings. The number of carbonyl (C=O) groups excluding carboxylic acids is 6. The third kappa shape index (κ3) is 14.0. The second kappa shape index (κ2) is 27.7. The Morgan fingerprint density at radius 3 is 1.60 bits per heavy atom. The lowest BCUT2D eigenvalue weighted by molar-refractivity contribution is -0.602. The Balaban J connectivity index is 0.000000141. The standard InChI is InChI=1S/C10H9Cl2N3O3.4C10H7Cl2N3O2.H2O/c11-5-1-2-6-4(7(5)12)3-13-10(14-6)15-8(16)9(17)18;2*11-5-1-2-6-4(7(5)12)3-15-9(17)8(16)14-10(15)13-6;11-5-1-2-6-4(7(5)12)3-13-10-14-8(16)9(17)15(6)10;11-6-1-2-7-5(9(6)12)3-13-10(14-7)15-8(17)4-16;/h1-2,9,17-18H,3H2,(H2,13,14,15,16);3*1-2,9,17H,3H2,(H,13,14,16);1-2,4H,3H2,(H2,13,14,15,17);1H2/p+2. The first-order valence-electron chi connectivity index (χ1n) is 24.3. The molecule has 3 atom stereocenters. The van der Waals surface area contributed by atoms with Gasteiger partial charge in [0.2, 0.25) is 48.9 Å². The number of nitrogens with one attached hydrogen (secondary N) is 8. The van der Waals surface area contributed by atoms with Crippen molar-refractivity contribution in [3.05, 3.63) is 139 Å². The second-order valence-corrected chi connectivity index (χ2v) is 22.1. The van der Waals surface area contributed by atoms with Gasteiger partial charge in [0.15, 0.2) is 0 Å². The first-order valence-corrected chi connectivity index (χ1v) is 28.1. The number of aliphatic imine (C=N–C) groups is 4. The van der Waals surface area contributed by atoms with E-state index >= 15 is 0 Å². The number of carbonyl (C=O) groups is 6. The summed E-state index contributed by atoms with van der Waals surface area (Å²) in [5, 5.41) is 71.3. The van der Waals surface area contributed by atoms with E-state index in [-0.39, 0.29) is 36.8 Å². The first-order chi connectivity index (χ1) is 40.8. The van der Waals surface area contributed by atoms with Crippen molar-refractivity contribution in [2.75, 3.05) is 20.9 Å². The number of hydrogen-bond acceptors (Lipinski definition) is 20. The van der Waals surface area contributed by atoms with Crippen molar-refractivity contribution in [2.45, 2.75) is 57.7 Å². The molecule has 8 aliphatic rings. The molecular formula is C50H41Cl10N15O12+2. The Morgan fingerprint density at radius 2 is 1.03 bits per heavy atom. The lowest BCUT2D eigenvalue weighted by Crippen LogP contribution is -2.43. The lowest BCUT2D eigenvalue weighted by Gasteiger charge is -2.27. The fourth-order valence-electron chi connectivity index (χ4n) is 8.62. The number of benzene rings is 5. The Kier molecular flexibility index (Phi) is 21.0. The molecule has 2 fully saturated rings. The molecule has 27 nitrogen and oxygen atoms in total. The van der Waals surface area contributed by atoms with Crippen molar-refractivity contribution in [1.29, 1.82) is 0 Å². The van der Waals surface area contributed by atoms with E-state index in [1.165, 1.54) is 14.4 Å². The minimum Gasteiger partial charge on any atom is -0.457 e. The molecule has 456 valence electrons. The molecule has 8 heterocycles. The van der Waals surface area contributed by atoms with Crippen molar-refractivity contribution in [1.82, 2.24) is 31.5 Å². The second-order valence-electron chi connectivity index (χ2n) is 18.2. The van der Waals surface area contributed by atoms with Crippen LogP contribution in [0.4, 0.5) is 28.4 Å². The van der Waals surface area contributed by atoms with Crippen molar-refractivity contribution in [3.8, 4) is 0 Å². The number of aldehydes is 1. The number of nitrogens with zero attached hydrogens (tertiary/aromatic N) is 7. The predicted molar refractivity (Wildman–Crippen MR) is 329 cm³/mol. The highest BCUT2D eigenvalue weighted by atomic mass is 35.5. The SMILES string of the molecule is O=C(NC1=NCc2c(ccc(Cl)c2Cl)N1)C(O)O.O=C1NC2=NCc3c(ccc(Cl)c3Cl)N2C1O.O=C1NC2=Nc3ccc(Cl)c(Cl)c3CN2C1O.O=C1NC2=[N+](Cc3c(ccc(Cl)c3Cl)N2)C1O.O=CC(=O)NC1=NCc2c(ccc(Cl)c2Cl)N1.[OH3+]. The molecule has 5 amide bonds. The van der Waals surface area contributed by atoms with Gasteiger partial charge in [-0.1, -0.05) is 116 Å². The van der Waals surface area contributed by atoms with Crippen molar-refractivity contribution < 1.29 is 64.4 Å². The van der Waals surface area contributed by atoms with E-state index in [2.05, 4.69) is 62.5 Å². The van der Waals surface area contributed by atoms with Crippen LogP contribution >= 0.6 is 116 Å². The predicted octanol–water partition coefficient (Wildman–Crippen LogP) is 4.47. The summed E-state index contributed by atoms with van der Waals surface area (Å²) in [4.78, 5) is 85.3. The quantitative estimate of drug-likeness (QED) is 0.0381. The van der Waals surface area contributed by atoms with Gasteiger partial charge in [0.25, 0.3) is 29.9 Å². The van der Waals surface area contributed by atoms with Crippen LogP contribution in [-0.4, -0.2) is 126 Å². The minimum atomic E-state index is -2.09. The normalized spacial score (nSPS) is 18.2. The van der Waals surface area contributed by atoms with Crippen LogP contribution < -0.4 is 47.4 Å². The first kappa shape index (κ1) is 66.1. The van der Waals surface area contributed by atoms with E-state index in [1.807, 2.05) is 0 Å². The molecule has 87 heavy (non-hydrogen) atoms. The molecule has 0 bridgehead atoms. The maximum atomic E-state index is 11.4. The van der Waals surface area contributed by atoms with Crippen LogP contribution in [-0.2, 0) is 67.0 Å². The molecule has 8 aliphatic heterocycles. The number of aliphatic hydroxyl groups excluding tert-OH is 4. The minimum absolute atomic E-state index is 0. The average molecular weight is 1400 g/mol. The van der Waals surface area contributed by atoms with Crippen LogP contribution in [0.3, 0.4) is 0 Å². The zero-order chi connectivity index (χ0) is 62.2. The summed E-state index contributed by atoms with van der Waals surface area (Å²) in [7, 11) is 0. The van der Waals surface area contributed by atoms with Crippen LogP contribution in [0, 0.1) is 0 Å². The van der Waals surface area contributed by atoms with Gasteiger partial charge in [0.1, 0.15) is 5.69 Å². The van der Waals surface area contributed by atoms with Crippen LogP contribution in [0.5, 0.6) is 0 Å². The zero-order valence-electron chi connectivity index (χ0n) is 43.4. The Hall–Kier alpha value is -6.87. The lowest BCUT2D eigenvalue weighted by atomic mass is 10.1. The van der Waals surface area contributed by atoms with Crippen molar-refractivity contribution >= 4 is 210 Å². The largest absolute Gasteiger partial charge is 0.457 e. The van der Waals surface area contributed by atoms with Gasteiger partial charge in [-0.05, 0) is 60.7 Å². The van der Waals surface area contributed by atoms with Crippen LogP contribution in [0.1, 0.15) is 27.8 Å². The highest BCUT2D eigenvalue weighted by Crippen LogP contribution is 2.41. The van der Waals surface area contributed by atoms with E-state index in [0.717, 1.165) is 16.8 Å². The van der Waals surface area contributed by atoms with E-state index in [0.29, 0.717) is 127 Å². The summed E-state index contributed by atoms with van der Waals surface area (Å²) in [6.45, 7) is 1.48. The molecule has 2 saturated heterocycles. The number of hydrogen-bond donors (Lipinski definition) is 13. The summed E-state index contributed by atoms with van der Waals surface area (Å²) >= 11 is 59.7. The highest BCUT2D eigenvalue weighted by Gasteiger charge is 2.43. The van der Waals surface area contributed by atoms with E-state index in [4.69, 9.17) is 126 Å². The van der Waals surface area contributed by atoms with Crippen molar-refractivity contribution in [3.63, 3.8) is 0 Å². The van der Waals surface area contributed by atoms with Crippen LogP contribution in [0.25, 0.3) is 0 Å². The number of anilines is 4. The number of amides is 5. The number of guanidine groups is 5. The molecule has 3 unspecified atom stereocenters. The molecular weight excluding hydrogens is 1360 g/mol. The Labute approximate surface area is 539 Å². The van der Waals surface area contributed by atoms with Gasteiger partial charge in [-0.25, -0.2) is 40.0 Å². The summed E-state index contributed by atoms with van der Waals surface area (Å²) in [5.74, 6) is -1.68. The van der Waals surface area contributed by atoms with E-state index < -0.39 is 54.5 Å². The van der Waals surface area contributed by atoms with Gasteiger partial charge >= 0.3 is 11.9 Å². The van der Waals surface area contributed by atoms with E-state index in [9.17, 15) is 44.1 Å². The molecule has 13 rings (SSSR count). The highest BCUT2D eigenvalue weighted by molar-refractivity contribution is 6.45. The molecule has 5 aromatic carbocycles. The van der Waals surface area contributed by atoms with Crippen LogP contribution in [0.2, 0.25) is 50.2 Å². The number of aliphatic hydroxyl groups is 5. The molecule has 0 saturated carbocycles. The van der Waals surface area contributed by atoms with Crippen LogP contribution in [0.15, 0.2) is 80.6 Å². The van der Waals surface area contributed by atoms with Gasteiger partial charge in [0, 0.05) is 39.2 Å². The summed E-state index contributed by atoms with van der Waals surface area (Å²) in [6, 6.07) is 16.8. The maximum Gasteiger partial charge on any atom is 0.361 e. The third-order valence-corrected chi connectivity index (χ3v) is 17.1. The average Bonchev–Trinajstić information content (AvgIpc) is 1.79. The molecule has 0 radical (unpaired) electrons. The summed E-state index contributed by atoms with van der Waals surface area (Å²) in [6.07, 6.45) is -5.61. The van der Waals surface area contributed by atoms with Gasteiger partial charge < -0.3 is 46.5 Å². The fourth-order valence-corrected chi connectivity index (χ4v) is 10.6. The van der Waals surface area contributed by atoms with E-state index in [1.54, 1.807) is 60.7 Å². The van der Waals surface area contributed by atoms with Gasteiger partial charge in [0.05, 0.1) is 94.3 Å². The molecule has 0 aliphatic carbocycles. The zero-order valence-corrected chi connectivity index (χ0v) is 50.9.